The molecule has 1 aromatic heterocycles. The Kier molecular flexibility index (Phi) is 5.90. The first-order valence-corrected chi connectivity index (χ1v) is 8.48. The molecule has 1 heterocycles. The SMILES string of the molecule is CNC(CSc1nc(C)cs1)c1ccc(OC)cc1OC. The molecule has 0 saturated carbocycles. The van der Waals surface area contributed by atoms with E-state index in [-0.39, 0.29) is 6.04 Å². The second-order valence-electron chi connectivity index (χ2n) is 4.51. The highest BCUT2D eigenvalue weighted by Crippen LogP contribution is 2.33. The number of thioether (sulfide) groups is 1. The maximum Gasteiger partial charge on any atom is 0.150 e. The van der Waals surface area contributed by atoms with Gasteiger partial charge >= 0.3 is 0 Å². The monoisotopic (exact) mass is 324 g/mol. The van der Waals surface area contributed by atoms with E-state index in [1.807, 2.05) is 32.2 Å². The Balaban J connectivity index is 2.12. The average Bonchev–Trinajstić information content (AvgIpc) is 2.93. The van der Waals surface area contributed by atoms with Gasteiger partial charge in [-0.3, -0.25) is 0 Å². The van der Waals surface area contributed by atoms with E-state index in [1.54, 1.807) is 37.3 Å². The summed E-state index contributed by atoms with van der Waals surface area (Å²) in [5, 5.41) is 5.42. The Labute approximate surface area is 133 Å². The Morgan fingerprint density at radius 1 is 1.33 bits per heavy atom. The average molecular weight is 324 g/mol. The third-order valence-corrected chi connectivity index (χ3v) is 5.37. The van der Waals surface area contributed by atoms with E-state index in [0.717, 1.165) is 32.8 Å². The van der Waals surface area contributed by atoms with Gasteiger partial charge in [-0.05, 0) is 20.0 Å². The number of ether oxygens (including phenoxy) is 2. The third kappa shape index (κ3) is 4.12. The van der Waals surface area contributed by atoms with Crippen LogP contribution in [0.3, 0.4) is 0 Å². The first kappa shape index (κ1) is 16.1. The second-order valence-corrected chi connectivity index (χ2v) is 6.64. The molecule has 0 amide bonds. The molecule has 114 valence electrons. The Morgan fingerprint density at radius 3 is 2.71 bits per heavy atom. The number of methoxy groups -OCH3 is 2. The van der Waals surface area contributed by atoms with E-state index in [1.165, 1.54) is 0 Å². The normalized spacial score (nSPS) is 12.2. The van der Waals surface area contributed by atoms with Crippen LogP contribution in [-0.4, -0.2) is 32.0 Å². The van der Waals surface area contributed by atoms with Crippen LogP contribution >= 0.6 is 23.1 Å². The van der Waals surface area contributed by atoms with Gasteiger partial charge in [-0.1, -0.05) is 17.8 Å². The first-order chi connectivity index (χ1) is 10.2. The number of benzene rings is 1. The number of nitrogens with one attached hydrogen (secondary N) is 1. The van der Waals surface area contributed by atoms with Crippen molar-refractivity contribution in [3.05, 3.63) is 34.8 Å². The van der Waals surface area contributed by atoms with Gasteiger partial charge in [0.15, 0.2) is 0 Å². The minimum atomic E-state index is 0.195. The molecule has 4 nitrogen and oxygen atoms in total. The van der Waals surface area contributed by atoms with Crippen LogP contribution in [0.5, 0.6) is 11.5 Å². The van der Waals surface area contributed by atoms with Crippen molar-refractivity contribution in [2.24, 2.45) is 0 Å². The van der Waals surface area contributed by atoms with E-state index in [0.29, 0.717) is 0 Å². The van der Waals surface area contributed by atoms with Gasteiger partial charge in [0.1, 0.15) is 15.8 Å². The molecule has 21 heavy (non-hydrogen) atoms. The highest BCUT2D eigenvalue weighted by atomic mass is 32.2. The smallest absolute Gasteiger partial charge is 0.150 e. The molecule has 1 unspecified atom stereocenters. The maximum atomic E-state index is 5.48. The van der Waals surface area contributed by atoms with E-state index < -0.39 is 0 Å². The van der Waals surface area contributed by atoms with E-state index in [2.05, 4.69) is 15.7 Å². The lowest BCUT2D eigenvalue weighted by Crippen LogP contribution is -2.19. The van der Waals surface area contributed by atoms with Crippen molar-refractivity contribution < 1.29 is 9.47 Å². The molecule has 1 atom stereocenters. The van der Waals surface area contributed by atoms with Gasteiger partial charge in [0.25, 0.3) is 0 Å². The van der Waals surface area contributed by atoms with E-state index in [4.69, 9.17) is 9.47 Å². The van der Waals surface area contributed by atoms with Crippen molar-refractivity contribution >= 4 is 23.1 Å². The molecule has 0 aliphatic heterocycles. The van der Waals surface area contributed by atoms with Crippen molar-refractivity contribution in [1.29, 1.82) is 0 Å². The standard InChI is InChI=1S/C15H20N2O2S2/c1-10-8-20-15(17-10)21-9-13(16-2)12-6-5-11(18-3)7-14(12)19-4/h5-8,13,16H,9H2,1-4H3. The van der Waals surface area contributed by atoms with Gasteiger partial charge in [-0.15, -0.1) is 11.3 Å². The number of rotatable bonds is 7. The summed E-state index contributed by atoms with van der Waals surface area (Å²) in [6, 6.07) is 6.12. The predicted molar refractivity (Wildman–Crippen MR) is 88.9 cm³/mol. The van der Waals surface area contributed by atoms with Crippen molar-refractivity contribution in [2.45, 2.75) is 17.3 Å². The number of thiazole rings is 1. The lowest BCUT2D eigenvalue weighted by molar-refractivity contribution is 0.387. The fourth-order valence-electron chi connectivity index (χ4n) is 1.99. The lowest BCUT2D eigenvalue weighted by atomic mass is 10.1. The zero-order valence-corrected chi connectivity index (χ0v) is 14.3. The summed E-state index contributed by atoms with van der Waals surface area (Å²) in [7, 11) is 5.30. The maximum absolute atomic E-state index is 5.48. The molecule has 0 fully saturated rings. The topological polar surface area (TPSA) is 43.4 Å². The number of aryl methyl sites for hydroxylation is 1. The fourth-order valence-corrected chi connectivity index (χ4v) is 3.99. The minimum Gasteiger partial charge on any atom is -0.497 e. The van der Waals surface area contributed by atoms with Crippen LogP contribution in [-0.2, 0) is 0 Å². The van der Waals surface area contributed by atoms with Gasteiger partial charge in [-0.25, -0.2) is 4.98 Å². The number of aromatic nitrogens is 1. The molecule has 0 aliphatic rings. The molecule has 0 saturated heterocycles. The summed E-state index contributed by atoms with van der Waals surface area (Å²) in [6.07, 6.45) is 0. The van der Waals surface area contributed by atoms with Crippen molar-refractivity contribution in [3.8, 4) is 11.5 Å². The molecule has 6 heteroatoms. The van der Waals surface area contributed by atoms with Crippen LogP contribution in [0.25, 0.3) is 0 Å². The zero-order valence-electron chi connectivity index (χ0n) is 12.7. The molecule has 0 radical (unpaired) electrons. The van der Waals surface area contributed by atoms with Crippen LogP contribution < -0.4 is 14.8 Å². The molecule has 1 aromatic carbocycles. The fraction of sp³-hybridized carbons (Fsp3) is 0.400. The largest absolute Gasteiger partial charge is 0.497 e. The van der Waals surface area contributed by atoms with Crippen molar-refractivity contribution in [3.63, 3.8) is 0 Å². The number of hydrogen-bond acceptors (Lipinski definition) is 6. The molecule has 0 aliphatic carbocycles. The molecule has 0 bridgehead atoms. The Bertz CT molecular complexity index is 587. The molecular weight excluding hydrogens is 304 g/mol. The van der Waals surface area contributed by atoms with Crippen LogP contribution in [0.1, 0.15) is 17.3 Å². The van der Waals surface area contributed by atoms with E-state index in [9.17, 15) is 0 Å². The Hall–Kier alpha value is -1.24. The molecule has 1 N–H and O–H groups in total. The third-order valence-electron chi connectivity index (χ3n) is 3.14. The summed E-state index contributed by atoms with van der Waals surface area (Å²) >= 11 is 3.44. The van der Waals surface area contributed by atoms with Crippen molar-refractivity contribution in [1.82, 2.24) is 10.3 Å². The van der Waals surface area contributed by atoms with E-state index >= 15 is 0 Å². The second kappa shape index (κ2) is 7.68. The highest BCUT2D eigenvalue weighted by molar-refractivity contribution is 8.01. The Morgan fingerprint density at radius 2 is 2.14 bits per heavy atom. The van der Waals surface area contributed by atoms with Gasteiger partial charge in [0.05, 0.1) is 14.2 Å². The van der Waals surface area contributed by atoms with Crippen LogP contribution in [0.2, 0.25) is 0 Å². The van der Waals surface area contributed by atoms with Crippen LogP contribution in [0, 0.1) is 6.92 Å². The summed E-state index contributed by atoms with van der Waals surface area (Å²) < 4.78 is 11.8. The lowest BCUT2D eigenvalue weighted by Gasteiger charge is -2.19. The summed E-state index contributed by atoms with van der Waals surface area (Å²) in [4.78, 5) is 4.48. The summed E-state index contributed by atoms with van der Waals surface area (Å²) in [5.74, 6) is 2.53. The molecule has 2 aromatic rings. The molecular formula is C15H20N2O2S2. The quantitative estimate of drug-likeness (QED) is 0.789. The number of hydrogen-bond donors (Lipinski definition) is 1. The highest BCUT2D eigenvalue weighted by Gasteiger charge is 2.16. The predicted octanol–water partition coefficient (Wildman–Crippen LogP) is 3.52. The molecule has 2 rings (SSSR count). The van der Waals surface area contributed by atoms with Crippen LogP contribution in [0.4, 0.5) is 0 Å². The van der Waals surface area contributed by atoms with Crippen LogP contribution in [0.15, 0.2) is 27.9 Å². The first-order valence-electron chi connectivity index (χ1n) is 6.62. The molecule has 0 spiro atoms. The summed E-state index contributed by atoms with van der Waals surface area (Å²) in [5.41, 5.74) is 2.20. The zero-order chi connectivity index (χ0) is 15.2. The van der Waals surface area contributed by atoms with Gasteiger partial charge in [0.2, 0.25) is 0 Å². The van der Waals surface area contributed by atoms with Crippen molar-refractivity contribution in [2.75, 3.05) is 27.0 Å². The van der Waals surface area contributed by atoms with Gasteiger partial charge in [-0.2, -0.15) is 0 Å². The number of nitrogens with zero attached hydrogens (tertiary/aromatic N) is 1. The van der Waals surface area contributed by atoms with Gasteiger partial charge < -0.3 is 14.8 Å². The summed E-state index contributed by atoms with van der Waals surface area (Å²) in [6.45, 7) is 2.02. The van der Waals surface area contributed by atoms with Gasteiger partial charge in [0, 0.05) is 34.5 Å². The minimum absolute atomic E-state index is 0.195.